The molecule has 1 unspecified atom stereocenters. The van der Waals surface area contributed by atoms with Crippen molar-refractivity contribution in [3.05, 3.63) is 65.0 Å². The molecular formula is C26H23F4N3O3. The monoisotopic (exact) mass is 501 g/mol. The van der Waals surface area contributed by atoms with Crippen molar-refractivity contribution in [3.63, 3.8) is 0 Å². The van der Waals surface area contributed by atoms with Gasteiger partial charge in [0.25, 0.3) is 5.91 Å². The van der Waals surface area contributed by atoms with E-state index in [0.29, 0.717) is 12.0 Å². The number of amides is 2. The Morgan fingerprint density at radius 2 is 1.86 bits per heavy atom. The van der Waals surface area contributed by atoms with Crippen LogP contribution in [-0.4, -0.2) is 34.6 Å². The first-order valence-corrected chi connectivity index (χ1v) is 11.5. The van der Waals surface area contributed by atoms with E-state index in [1.54, 1.807) is 6.92 Å². The zero-order chi connectivity index (χ0) is 26.3. The molecule has 0 N–H and O–H groups in total. The van der Waals surface area contributed by atoms with Crippen molar-refractivity contribution in [2.75, 3.05) is 11.4 Å². The molecule has 188 valence electrons. The van der Waals surface area contributed by atoms with Gasteiger partial charge in [-0.1, -0.05) is 19.1 Å². The van der Waals surface area contributed by atoms with E-state index in [2.05, 4.69) is 0 Å². The standard InChI is InChI=1S/C26H23F4N3O3/c1-2-22(34)18-9-10-25(12-18)24(36)32(21-8-5-17(13-31)11-20(21)27)15-23(35)33(25)14-16-3-6-19(7-4-16)26(28,29)30/h3-8,11,18H,2,9-10,12,14-15H2,1H3/t18?,25-/m1/s1. The van der Waals surface area contributed by atoms with Crippen molar-refractivity contribution in [3.8, 4) is 6.07 Å². The molecule has 1 saturated carbocycles. The summed E-state index contributed by atoms with van der Waals surface area (Å²) in [6.45, 7) is 1.11. The highest BCUT2D eigenvalue weighted by molar-refractivity contribution is 6.09. The van der Waals surface area contributed by atoms with Crippen LogP contribution >= 0.6 is 0 Å². The molecule has 1 aliphatic heterocycles. The lowest BCUT2D eigenvalue weighted by atomic mass is 9.87. The van der Waals surface area contributed by atoms with Gasteiger partial charge in [-0.2, -0.15) is 18.4 Å². The second-order valence-corrected chi connectivity index (χ2v) is 9.14. The van der Waals surface area contributed by atoms with Gasteiger partial charge in [0.2, 0.25) is 5.91 Å². The predicted molar refractivity (Wildman–Crippen MR) is 121 cm³/mol. The molecule has 2 amide bonds. The van der Waals surface area contributed by atoms with Crippen molar-refractivity contribution in [2.24, 2.45) is 5.92 Å². The molecule has 1 spiro atoms. The van der Waals surface area contributed by atoms with Gasteiger partial charge in [0.15, 0.2) is 0 Å². The summed E-state index contributed by atoms with van der Waals surface area (Å²) in [6.07, 6.45) is -3.67. The van der Waals surface area contributed by atoms with E-state index in [-0.39, 0.29) is 42.8 Å². The first-order valence-electron chi connectivity index (χ1n) is 11.5. The number of hydrogen-bond donors (Lipinski definition) is 0. The molecule has 2 atom stereocenters. The molecule has 1 saturated heterocycles. The second kappa shape index (κ2) is 9.37. The average molecular weight is 501 g/mol. The van der Waals surface area contributed by atoms with Crippen LogP contribution in [0.3, 0.4) is 0 Å². The minimum Gasteiger partial charge on any atom is -0.322 e. The number of hydrogen-bond acceptors (Lipinski definition) is 4. The van der Waals surface area contributed by atoms with Crippen LogP contribution in [0.25, 0.3) is 0 Å². The highest BCUT2D eigenvalue weighted by Crippen LogP contribution is 2.45. The van der Waals surface area contributed by atoms with E-state index in [4.69, 9.17) is 5.26 Å². The van der Waals surface area contributed by atoms with Crippen LogP contribution < -0.4 is 4.90 Å². The molecule has 10 heteroatoms. The zero-order valence-corrected chi connectivity index (χ0v) is 19.4. The van der Waals surface area contributed by atoms with Gasteiger partial charge in [-0.05, 0) is 55.2 Å². The summed E-state index contributed by atoms with van der Waals surface area (Å²) in [6, 6.07) is 9.73. The van der Waals surface area contributed by atoms with Crippen LogP contribution in [0.15, 0.2) is 42.5 Å². The van der Waals surface area contributed by atoms with Crippen LogP contribution in [0.1, 0.15) is 49.3 Å². The molecule has 6 nitrogen and oxygen atoms in total. The number of nitrogens with zero attached hydrogens (tertiary/aromatic N) is 3. The van der Waals surface area contributed by atoms with Crippen molar-refractivity contribution in [1.82, 2.24) is 4.90 Å². The Balaban J connectivity index is 1.71. The second-order valence-electron chi connectivity index (χ2n) is 9.14. The lowest BCUT2D eigenvalue weighted by Crippen LogP contribution is -2.67. The summed E-state index contributed by atoms with van der Waals surface area (Å²) in [4.78, 5) is 42.1. The summed E-state index contributed by atoms with van der Waals surface area (Å²) in [7, 11) is 0. The van der Waals surface area contributed by atoms with Crippen LogP contribution in [0.4, 0.5) is 23.2 Å². The van der Waals surface area contributed by atoms with Crippen LogP contribution in [0.2, 0.25) is 0 Å². The number of halogens is 4. The Hall–Kier alpha value is -3.74. The molecule has 2 aliphatic rings. The highest BCUT2D eigenvalue weighted by atomic mass is 19.4. The molecule has 1 heterocycles. The molecule has 0 bridgehead atoms. The zero-order valence-electron chi connectivity index (χ0n) is 19.4. The number of carbonyl (C=O) groups excluding carboxylic acids is 3. The molecule has 2 aromatic carbocycles. The van der Waals surface area contributed by atoms with E-state index < -0.39 is 47.4 Å². The van der Waals surface area contributed by atoms with Gasteiger partial charge in [0.05, 0.1) is 22.9 Å². The lowest BCUT2D eigenvalue weighted by Gasteiger charge is -2.47. The fraction of sp³-hybridized carbons (Fsp3) is 0.385. The van der Waals surface area contributed by atoms with E-state index >= 15 is 0 Å². The van der Waals surface area contributed by atoms with Crippen LogP contribution in [-0.2, 0) is 27.1 Å². The summed E-state index contributed by atoms with van der Waals surface area (Å²) in [5.74, 6) is -2.41. The van der Waals surface area contributed by atoms with Gasteiger partial charge < -0.3 is 4.90 Å². The number of piperazine rings is 1. The predicted octanol–water partition coefficient (Wildman–Crippen LogP) is 4.61. The Morgan fingerprint density at radius 1 is 1.17 bits per heavy atom. The number of alkyl halides is 3. The van der Waals surface area contributed by atoms with Crippen LogP contribution in [0.5, 0.6) is 0 Å². The van der Waals surface area contributed by atoms with E-state index in [0.717, 1.165) is 23.1 Å². The van der Waals surface area contributed by atoms with Gasteiger partial charge in [-0.25, -0.2) is 4.39 Å². The largest absolute Gasteiger partial charge is 0.416 e. The highest BCUT2D eigenvalue weighted by Gasteiger charge is 2.57. The van der Waals surface area contributed by atoms with Crippen LogP contribution in [0, 0.1) is 23.1 Å². The number of carbonyl (C=O) groups is 3. The number of rotatable bonds is 5. The number of nitriles is 1. The Kier molecular flexibility index (Phi) is 6.60. The molecule has 2 fully saturated rings. The van der Waals surface area contributed by atoms with Gasteiger partial charge in [0.1, 0.15) is 23.7 Å². The van der Waals surface area contributed by atoms with Gasteiger partial charge in [-0.15, -0.1) is 0 Å². The summed E-state index contributed by atoms with van der Waals surface area (Å²) < 4.78 is 53.7. The fourth-order valence-corrected chi connectivity index (χ4v) is 5.14. The van der Waals surface area contributed by atoms with Gasteiger partial charge in [0, 0.05) is 18.9 Å². The Bertz CT molecular complexity index is 1250. The van der Waals surface area contributed by atoms with Crippen molar-refractivity contribution in [2.45, 2.75) is 50.9 Å². The summed E-state index contributed by atoms with van der Waals surface area (Å²) >= 11 is 0. The Labute approximate surface area is 205 Å². The van der Waals surface area contributed by atoms with Gasteiger partial charge >= 0.3 is 6.18 Å². The molecule has 4 rings (SSSR count). The third-order valence-corrected chi connectivity index (χ3v) is 7.04. The SMILES string of the molecule is CCC(=O)C1CC[C@@]2(C1)C(=O)N(c1ccc(C#N)cc1F)CC(=O)N2Cc1ccc(C(F)(F)F)cc1. The molecule has 0 aromatic heterocycles. The molecule has 0 radical (unpaired) electrons. The first-order chi connectivity index (χ1) is 17.0. The third kappa shape index (κ3) is 4.45. The number of Topliss-reactive ketones (excluding diaryl/α,β-unsaturated/α-hetero) is 1. The van der Waals surface area contributed by atoms with Crippen molar-refractivity contribution < 1.29 is 31.9 Å². The fourth-order valence-electron chi connectivity index (χ4n) is 5.14. The summed E-state index contributed by atoms with van der Waals surface area (Å²) in [5.41, 5.74) is -1.97. The maximum Gasteiger partial charge on any atom is 0.416 e. The topological polar surface area (TPSA) is 81.5 Å². The first kappa shape index (κ1) is 25.4. The lowest BCUT2D eigenvalue weighted by molar-refractivity contribution is -0.152. The van der Waals surface area contributed by atoms with E-state index in [1.807, 2.05) is 6.07 Å². The minimum atomic E-state index is -4.51. The molecule has 2 aromatic rings. The maximum atomic E-state index is 14.8. The van der Waals surface area contributed by atoms with Gasteiger partial charge in [-0.3, -0.25) is 19.3 Å². The normalized spacial score (nSPS) is 22.3. The molecule has 36 heavy (non-hydrogen) atoms. The average Bonchev–Trinajstić information content (AvgIpc) is 3.30. The number of ketones is 1. The quantitative estimate of drug-likeness (QED) is 0.561. The third-order valence-electron chi connectivity index (χ3n) is 7.04. The molecule has 1 aliphatic carbocycles. The smallest absolute Gasteiger partial charge is 0.322 e. The van der Waals surface area contributed by atoms with Crippen molar-refractivity contribution in [1.29, 1.82) is 5.26 Å². The van der Waals surface area contributed by atoms with E-state index in [9.17, 15) is 31.9 Å². The van der Waals surface area contributed by atoms with E-state index in [1.165, 1.54) is 29.2 Å². The number of benzene rings is 2. The Morgan fingerprint density at radius 3 is 2.44 bits per heavy atom. The molecular weight excluding hydrogens is 478 g/mol. The van der Waals surface area contributed by atoms with Crippen molar-refractivity contribution >= 4 is 23.3 Å². The maximum absolute atomic E-state index is 14.8. The summed E-state index contributed by atoms with van der Waals surface area (Å²) in [5, 5.41) is 9.01. The minimum absolute atomic E-state index is 0.0525. The number of anilines is 1.